The van der Waals surface area contributed by atoms with Gasteiger partial charge in [-0.15, -0.1) is 0 Å². The van der Waals surface area contributed by atoms with Crippen LogP contribution < -0.4 is 5.32 Å². The van der Waals surface area contributed by atoms with Crippen molar-refractivity contribution >= 4 is 42.6 Å². The number of hydrogen-bond acceptors (Lipinski definition) is 3. The van der Waals surface area contributed by atoms with Crippen LogP contribution in [-0.2, 0) is 0 Å². The van der Waals surface area contributed by atoms with Crippen LogP contribution >= 0.6 is 27.3 Å². The molecule has 4 heteroatoms. The van der Waals surface area contributed by atoms with Gasteiger partial charge in [-0.1, -0.05) is 11.3 Å². The van der Waals surface area contributed by atoms with E-state index in [2.05, 4.69) is 46.1 Å². The summed E-state index contributed by atoms with van der Waals surface area (Å²) in [6.07, 6.45) is 0. The number of nitrogens with one attached hydrogen (secondary N) is 1. The zero-order chi connectivity index (χ0) is 10.3. The molecule has 0 unspecified atom stereocenters. The van der Waals surface area contributed by atoms with Gasteiger partial charge >= 0.3 is 0 Å². The molecule has 0 atom stereocenters. The Morgan fingerprint density at radius 3 is 2.79 bits per heavy atom. The number of halogens is 1. The summed E-state index contributed by atoms with van der Waals surface area (Å²) >= 11 is 5.24. The predicted octanol–water partition coefficient (Wildman–Crippen LogP) is 3.72. The maximum absolute atomic E-state index is 4.49. The molecule has 2 rings (SSSR count). The molecule has 1 aromatic heterocycles. The van der Waals surface area contributed by atoms with Crippen molar-refractivity contribution in [1.29, 1.82) is 0 Å². The summed E-state index contributed by atoms with van der Waals surface area (Å²) in [4.78, 5) is 4.49. The fourth-order valence-corrected chi connectivity index (χ4v) is 3.15. The van der Waals surface area contributed by atoms with Gasteiger partial charge in [-0.05, 0) is 47.0 Å². The molecule has 2 aromatic rings. The van der Waals surface area contributed by atoms with Gasteiger partial charge in [0.25, 0.3) is 0 Å². The molecule has 1 aromatic carbocycles. The van der Waals surface area contributed by atoms with Gasteiger partial charge < -0.3 is 5.32 Å². The van der Waals surface area contributed by atoms with E-state index in [-0.39, 0.29) is 0 Å². The van der Waals surface area contributed by atoms with Crippen LogP contribution in [0.2, 0.25) is 0 Å². The molecule has 74 valence electrons. The van der Waals surface area contributed by atoms with E-state index in [0.29, 0.717) is 0 Å². The van der Waals surface area contributed by atoms with E-state index in [9.17, 15) is 0 Å². The second kappa shape index (κ2) is 3.51. The Bertz CT molecular complexity index is 490. The molecule has 0 radical (unpaired) electrons. The predicted molar refractivity (Wildman–Crippen MR) is 66.3 cm³/mol. The van der Waals surface area contributed by atoms with Gasteiger partial charge in [0.15, 0.2) is 5.13 Å². The van der Waals surface area contributed by atoms with Crippen molar-refractivity contribution < 1.29 is 0 Å². The highest BCUT2D eigenvalue weighted by atomic mass is 79.9. The second-order valence-electron chi connectivity index (χ2n) is 3.25. The van der Waals surface area contributed by atoms with Crippen LogP contribution in [0.4, 0.5) is 5.13 Å². The molecule has 0 spiro atoms. The smallest absolute Gasteiger partial charge is 0.183 e. The number of rotatable bonds is 1. The molecular weight excluding hydrogens is 260 g/mol. The van der Waals surface area contributed by atoms with E-state index < -0.39 is 0 Å². The van der Waals surface area contributed by atoms with Crippen molar-refractivity contribution in [2.75, 3.05) is 12.4 Å². The van der Waals surface area contributed by atoms with Crippen LogP contribution in [0, 0.1) is 13.8 Å². The molecule has 0 fully saturated rings. The molecule has 1 heterocycles. The minimum Gasteiger partial charge on any atom is -0.365 e. The van der Waals surface area contributed by atoms with Gasteiger partial charge in [-0.2, -0.15) is 0 Å². The van der Waals surface area contributed by atoms with E-state index in [1.807, 2.05) is 7.05 Å². The highest BCUT2D eigenvalue weighted by Crippen LogP contribution is 2.34. The highest BCUT2D eigenvalue weighted by molar-refractivity contribution is 9.10. The zero-order valence-electron chi connectivity index (χ0n) is 8.31. The molecule has 0 aliphatic heterocycles. The normalized spacial score (nSPS) is 10.9. The van der Waals surface area contributed by atoms with Gasteiger partial charge in [0.2, 0.25) is 0 Å². The van der Waals surface area contributed by atoms with E-state index in [1.54, 1.807) is 11.3 Å². The molecule has 2 nitrogen and oxygen atoms in total. The van der Waals surface area contributed by atoms with Crippen molar-refractivity contribution in [3.8, 4) is 0 Å². The van der Waals surface area contributed by atoms with E-state index in [4.69, 9.17) is 0 Å². The molecule has 0 saturated carbocycles. The first-order chi connectivity index (χ1) is 6.63. The number of hydrogen-bond donors (Lipinski definition) is 1. The monoisotopic (exact) mass is 270 g/mol. The highest BCUT2D eigenvalue weighted by Gasteiger charge is 2.10. The minimum atomic E-state index is 0.967. The third-order valence-corrected chi connectivity index (χ3v) is 4.14. The van der Waals surface area contributed by atoms with Crippen LogP contribution in [-0.4, -0.2) is 12.0 Å². The Labute approximate surface area is 95.5 Å². The minimum absolute atomic E-state index is 0.967. The maximum atomic E-state index is 4.49. The van der Waals surface area contributed by atoms with E-state index in [1.165, 1.54) is 15.8 Å². The van der Waals surface area contributed by atoms with Crippen molar-refractivity contribution in [2.45, 2.75) is 13.8 Å². The van der Waals surface area contributed by atoms with Gasteiger partial charge in [-0.3, -0.25) is 0 Å². The Kier molecular flexibility index (Phi) is 2.49. The first kappa shape index (κ1) is 9.93. The van der Waals surface area contributed by atoms with Crippen LogP contribution in [0.1, 0.15) is 11.1 Å². The van der Waals surface area contributed by atoms with E-state index in [0.717, 1.165) is 15.1 Å². The first-order valence-electron chi connectivity index (χ1n) is 4.37. The average molecular weight is 271 g/mol. The number of thiazole rings is 1. The number of aromatic nitrogens is 1. The number of fused-ring (bicyclic) bond motifs is 1. The quantitative estimate of drug-likeness (QED) is 0.855. The van der Waals surface area contributed by atoms with E-state index >= 15 is 0 Å². The molecule has 0 saturated heterocycles. The van der Waals surface area contributed by atoms with Gasteiger partial charge in [0.1, 0.15) is 0 Å². The topological polar surface area (TPSA) is 24.9 Å². The molecule has 14 heavy (non-hydrogen) atoms. The van der Waals surface area contributed by atoms with Crippen molar-refractivity contribution in [3.05, 3.63) is 21.7 Å². The Morgan fingerprint density at radius 1 is 1.43 bits per heavy atom. The number of anilines is 1. The lowest BCUT2D eigenvalue weighted by Crippen LogP contribution is -1.85. The third-order valence-electron chi connectivity index (χ3n) is 2.34. The molecule has 0 bridgehead atoms. The van der Waals surface area contributed by atoms with Gasteiger partial charge in [0, 0.05) is 11.5 Å². The van der Waals surface area contributed by atoms with Crippen molar-refractivity contribution in [3.63, 3.8) is 0 Å². The summed E-state index contributed by atoms with van der Waals surface area (Å²) in [7, 11) is 1.90. The second-order valence-corrected chi connectivity index (χ2v) is 5.10. The van der Waals surface area contributed by atoms with Crippen LogP contribution in [0.3, 0.4) is 0 Å². The molecule has 0 amide bonds. The molecule has 0 aliphatic rings. The lowest BCUT2D eigenvalue weighted by atomic mass is 10.1. The molecular formula is C10H11BrN2S. The fourth-order valence-electron chi connectivity index (χ4n) is 1.39. The zero-order valence-corrected chi connectivity index (χ0v) is 10.7. The molecule has 0 aliphatic carbocycles. The fraction of sp³-hybridized carbons (Fsp3) is 0.300. The van der Waals surface area contributed by atoms with Crippen LogP contribution in [0.5, 0.6) is 0 Å². The summed E-state index contributed by atoms with van der Waals surface area (Å²) in [6.45, 7) is 4.26. The first-order valence-corrected chi connectivity index (χ1v) is 5.98. The summed E-state index contributed by atoms with van der Waals surface area (Å²) in [5.41, 5.74) is 3.68. The third kappa shape index (κ3) is 1.42. The Hall–Kier alpha value is -0.610. The van der Waals surface area contributed by atoms with Gasteiger partial charge in [-0.25, -0.2) is 4.98 Å². The molecule has 1 N–H and O–H groups in total. The number of aryl methyl sites for hydroxylation is 2. The Morgan fingerprint density at radius 2 is 2.14 bits per heavy atom. The summed E-state index contributed by atoms with van der Waals surface area (Å²) in [6, 6.07) is 2.12. The van der Waals surface area contributed by atoms with Crippen molar-refractivity contribution in [1.82, 2.24) is 4.98 Å². The van der Waals surface area contributed by atoms with Crippen molar-refractivity contribution in [2.24, 2.45) is 0 Å². The number of nitrogens with zero attached hydrogens (tertiary/aromatic N) is 1. The van der Waals surface area contributed by atoms with Gasteiger partial charge in [0.05, 0.1) is 10.2 Å². The largest absolute Gasteiger partial charge is 0.365 e. The summed E-state index contributed by atoms with van der Waals surface area (Å²) in [5.74, 6) is 0. The Balaban J connectivity index is 2.84. The average Bonchev–Trinajstić information content (AvgIpc) is 2.58. The summed E-state index contributed by atoms with van der Waals surface area (Å²) < 4.78 is 2.34. The van der Waals surface area contributed by atoms with Crippen LogP contribution in [0.25, 0.3) is 10.2 Å². The number of benzene rings is 1. The summed E-state index contributed by atoms with van der Waals surface area (Å²) in [5, 5.41) is 4.04. The lowest BCUT2D eigenvalue weighted by molar-refractivity contribution is 1.35. The maximum Gasteiger partial charge on any atom is 0.183 e. The standard InChI is InChI=1S/C10H11BrN2S/c1-5-4-7(11)8-9(6(5)2)14-10(12-3)13-8/h4H,1-3H3,(H,12,13). The van der Waals surface area contributed by atoms with Crippen LogP contribution in [0.15, 0.2) is 10.5 Å². The SMILES string of the molecule is CNc1nc2c(Br)cc(C)c(C)c2s1. The lowest BCUT2D eigenvalue weighted by Gasteiger charge is -2.01.